The van der Waals surface area contributed by atoms with Crippen LogP contribution >= 0.6 is 30.5 Å². The standard InChI is InChI=1S/C18H17FN4O2S.C15H22ClNO2.C5H12NO4P/c1-4-5-22-13-7-12(11(19)6-14(13)25-9-16(22)24)20-17-23-10-18(2,3)8-15(23)21-26-17;1-5-13-8-6-7-11(2)15(13)17(14(18)9-16)12(3)10-19-4;1-11(9,10)3-2-4(6)5(7)8/h1,6-7H,5,8-10H2,2-3H3;6-8,12H,5,9-10H2,1-4H3;4H,2-3,6H2,1H3,(H,7,8)(H,9,10). The summed E-state index contributed by atoms with van der Waals surface area (Å²) >= 11 is 7.00. The van der Waals surface area contributed by atoms with E-state index in [1.54, 1.807) is 12.0 Å². The lowest BCUT2D eigenvalue weighted by Gasteiger charge is -2.31. The maximum Gasteiger partial charge on any atom is 0.320 e. The predicted molar refractivity (Wildman–Crippen MR) is 217 cm³/mol. The number of hydrogen-bond acceptors (Lipinski definition) is 10. The molecule has 56 heavy (non-hydrogen) atoms. The second-order valence-corrected chi connectivity index (χ2v) is 17.9. The van der Waals surface area contributed by atoms with E-state index >= 15 is 0 Å². The second kappa shape index (κ2) is 20.4. The Morgan fingerprint density at radius 1 is 1.34 bits per heavy atom. The average molecular weight is 837 g/mol. The minimum Gasteiger partial charge on any atom is -0.481 e. The highest BCUT2D eigenvalue weighted by Gasteiger charge is 2.31. The number of fused-ring (bicyclic) bond motifs is 2. The number of anilines is 2. The number of carboxylic acid groups (broad SMARTS) is 1. The summed E-state index contributed by atoms with van der Waals surface area (Å²) in [7, 11) is -1.47. The SMILES string of the molecule is C#CCN1C(=O)COc2cc(F)c(N=c3snc4n3CC(C)(C)C4)cc21.CCc1cccc(C)c1N(C(=O)CCl)C(C)COC.CP(=O)(O)CCC(N)C(=O)O. The fraction of sp³-hybridized carbons (Fsp3) is 0.500. The Morgan fingerprint density at radius 2 is 2.04 bits per heavy atom. The fourth-order valence-corrected chi connectivity index (χ4v) is 7.71. The van der Waals surface area contributed by atoms with Crippen LogP contribution in [-0.4, -0.2) is 94.4 Å². The first-order valence-corrected chi connectivity index (χ1v) is 21.4. The summed E-state index contributed by atoms with van der Waals surface area (Å²) in [6.07, 6.45) is 7.09. The first kappa shape index (κ1) is 46.3. The van der Waals surface area contributed by atoms with Gasteiger partial charge in [0, 0.05) is 50.5 Å². The van der Waals surface area contributed by atoms with Crippen LogP contribution in [0.1, 0.15) is 51.1 Å². The number of nitrogens with zero attached hydrogens (tertiary/aromatic N) is 5. The van der Waals surface area contributed by atoms with Gasteiger partial charge in [0.15, 0.2) is 19.8 Å². The molecule has 0 bridgehead atoms. The number of aliphatic carboxylic acids is 1. The van der Waals surface area contributed by atoms with Crippen molar-refractivity contribution in [2.45, 2.75) is 72.5 Å². The van der Waals surface area contributed by atoms with Gasteiger partial charge in [0.2, 0.25) is 10.7 Å². The molecule has 0 radical (unpaired) electrons. The van der Waals surface area contributed by atoms with Crippen molar-refractivity contribution >= 4 is 65.3 Å². The van der Waals surface area contributed by atoms with E-state index in [0.29, 0.717) is 22.8 Å². The molecule has 0 fully saturated rings. The van der Waals surface area contributed by atoms with E-state index < -0.39 is 25.2 Å². The molecule has 2 amide bonds. The number of carbonyl (C=O) groups is 3. The molecule has 2 aliphatic heterocycles. The number of methoxy groups -OCH3 is 1. The molecular weight excluding hydrogens is 786 g/mol. The Hall–Kier alpha value is -4.10. The molecule has 2 aromatic carbocycles. The molecule has 18 heteroatoms. The average Bonchev–Trinajstić information content (AvgIpc) is 3.64. The largest absolute Gasteiger partial charge is 0.481 e. The maximum absolute atomic E-state index is 14.5. The van der Waals surface area contributed by atoms with Crippen molar-refractivity contribution in [2.24, 2.45) is 16.1 Å². The van der Waals surface area contributed by atoms with E-state index in [1.165, 1.54) is 35.2 Å². The van der Waals surface area contributed by atoms with Gasteiger partial charge in [0.25, 0.3) is 5.91 Å². The first-order chi connectivity index (χ1) is 26.3. The number of hydrogen-bond donors (Lipinski definition) is 3. The van der Waals surface area contributed by atoms with Crippen LogP contribution < -0.4 is 25.1 Å². The number of ether oxygens (including phenoxy) is 2. The summed E-state index contributed by atoms with van der Waals surface area (Å²) < 4.78 is 42.1. The van der Waals surface area contributed by atoms with Gasteiger partial charge >= 0.3 is 5.97 Å². The molecule has 14 nitrogen and oxygen atoms in total. The number of rotatable bonds is 12. The van der Waals surface area contributed by atoms with Gasteiger partial charge in [-0.3, -0.25) is 23.8 Å². The Kier molecular flexibility index (Phi) is 16.8. The van der Waals surface area contributed by atoms with Crippen LogP contribution in [0, 0.1) is 30.5 Å². The highest BCUT2D eigenvalue weighted by atomic mass is 35.5. The molecule has 4 N–H and O–H groups in total. The summed E-state index contributed by atoms with van der Waals surface area (Å²) in [5, 5.41) is 8.28. The zero-order chi connectivity index (χ0) is 42.0. The smallest absolute Gasteiger partial charge is 0.320 e. The lowest BCUT2D eigenvalue weighted by atomic mass is 9.92. The zero-order valence-electron chi connectivity index (χ0n) is 32.8. The van der Waals surface area contributed by atoms with Crippen LogP contribution in [0.3, 0.4) is 0 Å². The third-order valence-corrected chi connectivity index (χ3v) is 10.9. The number of benzene rings is 2. The first-order valence-electron chi connectivity index (χ1n) is 17.8. The van der Waals surface area contributed by atoms with Crippen molar-refractivity contribution in [1.82, 2.24) is 8.94 Å². The Morgan fingerprint density at radius 3 is 2.62 bits per heavy atom. The monoisotopic (exact) mass is 836 g/mol. The molecule has 5 rings (SSSR count). The van der Waals surface area contributed by atoms with Crippen LogP contribution in [-0.2, 0) is 43.1 Å². The molecule has 0 aliphatic carbocycles. The summed E-state index contributed by atoms with van der Waals surface area (Å²) in [6.45, 7) is 12.8. The van der Waals surface area contributed by atoms with E-state index in [2.05, 4.69) is 42.1 Å². The summed E-state index contributed by atoms with van der Waals surface area (Å²) in [5.41, 5.74) is 8.98. The number of terminal acetylenes is 1. The summed E-state index contributed by atoms with van der Waals surface area (Å²) in [5.74, 6) is 1.67. The highest BCUT2D eigenvalue weighted by molar-refractivity contribution is 7.57. The number of aryl methyl sites for hydroxylation is 2. The molecule has 3 atom stereocenters. The van der Waals surface area contributed by atoms with E-state index in [4.69, 9.17) is 43.2 Å². The van der Waals surface area contributed by atoms with Crippen LogP contribution in [0.25, 0.3) is 0 Å². The minimum atomic E-state index is -3.10. The van der Waals surface area contributed by atoms with Gasteiger partial charge in [-0.25, -0.2) is 9.38 Å². The number of carboxylic acids is 1. The Balaban J connectivity index is 0.000000247. The van der Waals surface area contributed by atoms with Crippen molar-refractivity contribution in [3.63, 3.8) is 0 Å². The van der Waals surface area contributed by atoms with Crippen LogP contribution in [0.4, 0.5) is 21.5 Å². The molecule has 3 unspecified atom stereocenters. The van der Waals surface area contributed by atoms with Crippen LogP contribution in [0.5, 0.6) is 5.75 Å². The van der Waals surface area contributed by atoms with E-state index in [-0.39, 0.29) is 60.6 Å². The number of nitrogens with two attached hydrogens (primary N) is 1. The highest BCUT2D eigenvalue weighted by Crippen LogP contribution is 2.38. The number of aromatic nitrogens is 2. The quantitative estimate of drug-likeness (QED) is 0.126. The van der Waals surface area contributed by atoms with Gasteiger partial charge in [-0.1, -0.05) is 44.9 Å². The van der Waals surface area contributed by atoms with Crippen molar-refractivity contribution in [2.75, 3.05) is 55.4 Å². The summed E-state index contributed by atoms with van der Waals surface area (Å²) in [6, 6.07) is 7.77. The molecule has 3 heterocycles. The molecule has 0 saturated carbocycles. The Bertz CT molecular complexity index is 2040. The van der Waals surface area contributed by atoms with Gasteiger partial charge in [0.1, 0.15) is 29.2 Å². The second-order valence-electron chi connectivity index (χ2n) is 14.3. The van der Waals surface area contributed by atoms with Gasteiger partial charge < -0.3 is 34.7 Å². The normalized spacial score (nSPS) is 16.4. The molecule has 1 aromatic heterocycles. The lowest BCUT2D eigenvalue weighted by Crippen LogP contribution is -2.43. The van der Waals surface area contributed by atoms with Crippen molar-refractivity contribution in [3.8, 4) is 18.1 Å². The summed E-state index contributed by atoms with van der Waals surface area (Å²) in [4.78, 5) is 51.4. The third-order valence-electron chi connectivity index (χ3n) is 8.78. The molecule has 0 saturated heterocycles. The lowest BCUT2D eigenvalue weighted by molar-refractivity contribution is -0.138. The number of amides is 2. The number of alkyl halides is 1. The van der Waals surface area contributed by atoms with Crippen molar-refractivity contribution < 1.29 is 42.8 Å². The van der Waals surface area contributed by atoms with Gasteiger partial charge in [-0.05, 0) is 49.3 Å². The van der Waals surface area contributed by atoms with E-state index in [1.807, 2.05) is 30.5 Å². The molecular formula is C38H51ClFN6O8PS. The van der Waals surface area contributed by atoms with Gasteiger partial charge in [-0.15, -0.1) is 18.0 Å². The van der Waals surface area contributed by atoms with Gasteiger partial charge in [0.05, 0.1) is 30.6 Å². The number of carbonyl (C=O) groups excluding carboxylic acids is 2. The van der Waals surface area contributed by atoms with Crippen LogP contribution in [0.15, 0.2) is 35.3 Å². The third kappa shape index (κ3) is 12.4. The minimum absolute atomic E-state index is 0.0223. The molecule has 2 aliphatic rings. The number of halogens is 2. The van der Waals surface area contributed by atoms with Crippen molar-refractivity contribution in [1.29, 1.82) is 0 Å². The van der Waals surface area contributed by atoms with E-state index in [0.717, 1.165) is 42.0 Å². The Labute approximate surface area is 336 Å². The van der Waals surface area contributed by atoms with Gasteiger partial charge in [-0.2, -0.15) is 4.37 Å². The van der Waals surface area contributed by atoms with Crippen molar-refractivity contribution in [3.05, 3.63) is 57.9 Å². The van der Waals surface area contributed by atoms with E-state index in [9.17, 15) is 23.3 Å². The molecule has 0 spiro atoms. The predicted octanol–water partition coefficient (Wildman–Crippen LogP) is 5.11. The topological polar surface area (TPSA) is 190 Å². The molecule has 3 aromatic rings. The maximum atomic E-state index is 14.5. The fourth-order valence-electron chi connectivity index (χ4n) is 6.07. The molecule has 306 valence electrons. The zero-order valence-corrected chi connectivity index (χ0v) is 35.2. The number of para-hydroxylation sites is 1. The van der Waals surface area contributed by atoms with Crippen LogP contribution in [0.2, 0.25) is 0 Å².